The Morgan fingerprint density at radius 1 is 1.15 bits per heavy atom. The lowest BCUT2D eigenvalue weighted by Gasteiger charge is -2.05. The number of hydrogen-bond acceptors (Lipinski definition) is 5. The molecule has 1 amide bonds. The first-order chi connectivity index (χ1) is 9.76. The number of nitrogens with zero attached hydrogens (tertiary/aromatic N) is 2. The number of carbonyl (C=O) groups excluding carboxylic acids is 1. The first-order valence-corrected chi connectivity index (χ1v) is 6.92. The zero-order chi connectivity index (χ0) is 13.9. The van der Waals surface area contributed by atoms with Gasteiger partial charge in [-0.05, 0) is 30.3 Å². The van der Waals surface area contributed by atoms with Crippen molar-refractivity contribution in [2.24, 2.45) is 0 Å². The van der Waals surface area contributed by atoms with Crippen molar-refractivity contribution < 1.29 is 4.79 Å². The van der Waals surface area contributed by atoms with Crippen molar-refractivity contribution in [3.05, 3.63) is 47.7 Å². The number of fused-ring (bicyclic) bond motifs is 1. The van der Waals surface area contributed by atoms with Gasteiger partial charge in [0.2, 0.25) is 0 Å². The number of amides is 1. The maximum Gasteiger partial charge on any atom is 0.274 e. The normalized spacial score (nSPS) is 10.4. The van der Waals surface area contributed by atoms with E-state index in [1.807, 2.05) is 24.3 Å². The molecule has 0 unspecified atom stereocenters. The maximum absolute atomic E-state index is 12.1. The molecule has 0 aliphatic heterocycles. The predicted molar refractivity (Wildman–Crippen MR) is 81.4 cm³/mol. The van der Waals surface area contributed by atoms with Crippen LogP contribution in [0.2, 0.25) is 0 Å². The molecule has 0 bridgehead atoms. The van der Waals surface area contributed by atoms with Crippen molar-refractivity contribution >= 4 is 38.8 Å². The standard InChI is InChI=1S/C14H12N4OS/c1-15-10-3-5-12(16-7-10)14(19)18-9-2-4-11-13(6-9)20-8-17-11/h2-8,15H,1H3,(H,18,19). The van der Waals surface area contributed by atoms with E-state index in [0.717, 1.165) is 21.6 Å². The minimum Gasteiger partial charge on any atom is -0.387 e. The van der Waals surface area contributed by atoms with Crippen molar-refractivity contribution in [3.63, 3.8) is 0 Å². The average molecular weight is 284 g/mol. The topological polar surface area (TPSA) is 66.9 Å². The Balaban J connectivity index is 1.80. The van der Waals surface area contributed by atoms with Gasteiger partial charge in [-0.1, -0.05) is 0 Å². The molecule has 3 aromatic rings. The summed E-state index contributed by atoms with van der Waals surface area (Å²) in [6.45, 7) is 0. The molecule has 0 saturated carbocycles. The zero-order valence-electron chi connectivity index (χ0n) is 10.8. The van der Waals surface area contributed by atoms with Gasteiger partial charge in [-0.15, -0.1) is 11.3 Å². The maximum atomic E-state index is 12.1. The van der Waals surface area contributed by atoms with Crippen LogP contribution in [0.5, 0.6) is 0 Å². The molecule has 0 saturated heterocycles. The Morgan fingerprint density at radius 3 is 2.75 bits per heavy atom. The number of hydrogen-bond donors (Lipinski definition) is 2. The Hall–Kier alpha value is -2.47. The van der Waals surface area contributed by atoms with Gasteiger partial charge < -0.3 is 10.6 Å². The lowest BCUT2D eigenvalue weighted by atomic mass is 10.2. The van der Waals surface area contributed by atoms with Gasteiger partial charge in [0.25, 0.3) is 5.91 Å². The van der Waals surface area contributed by atoms with Gasteiger partial charge in [0.15, 0.2) is 0 Å². The summed E-state index contributed by atoms with van der Waals surface area (Å²) in [4.78, 5) is 20.4. The van der Waals surface area contributed by atoms with E-state index in [1.54, 1.807) is 36.2 Å². The fraction of sp³-hybridized carbons (Fsp3) is 0.0714. The molecule has 1 aromatic carbocycles. The van der Waals surface area contributed by atoms with Crippen molar-refractivity contribution in [2.45, 2.75) is 0 Å². The van der Waals surface area contributed by atoms with E-state index in [2.05, 4.69) is 20.6 Å². The van der Waals surface area contributed by atoms with E-state index in [4.69, 9.17) is 0 Å². The molecule has 0 aliphatic carbocycles. The van der Waals surface area contributed by atoms with Crippen molar-refractivity contribution in [1.29, 1.82) is 0 Å². The van der Waals surface area contributed by atoms with E-state index < -0.39 is 0 Å². The van der Waals surface area contributed by atoms with Crippen molar-refractivity contribution in [3.8, 4) is 0 Å². The fourth-order valence-electron chi connectivity index (χ4n) is 1.80. The Morgan fingerprint density at radius 2 is 2.00 bits per heavy atom. The summed E-state index contributed by atoms with van der Waals surface area (Å²) < 4.78 is 1.04. The highest BCUT2D eigenvalue weighted by Crippen LogP contribution is 2.22. The summed E-state index contributed by atoms with van der Waals surface area (Å²) >= 11 is 1.54. The number of rotatable bonds is 3. The van der Waals surface area contributed by atoms with E-state index in [1.165, 1.54) is 0 Å². The van der Waals surface area contributed by atoms with Crippen molar-refractivity contribution in [1.82, 2.24) is 9.97 Å². The Labute approximate surface area is 119 Å². The van der Waals surface area contributed by atoms with Gasteiger partial charge in [-0.3, -0.25) is 4.79 Å². The molecule has 0 fully saturated rings. The predicted octanol–water partition coefficient (Wildman–Crippen LogP) is 2.99. The van der Waals surface area contributed by atoms with Crippen LogP contribution >= 0.6 is 11.3 Å². The van der Waals surface area contributed by atoms with Crippen LogP contribution in [-0.4, -0.2) is 22.9 Å². The monoisotopic (exact) mass is 284 g/mol. The highest BCUT2D eigenvalue weighted by atomic mass is 32.1. The molecule has 100 valence electrons. The number of aromatic nitrogens is 2. The summed E-state index contributed by atoms with van der Waals surface area (Å²) in [6.07, 6.45) is 1.63. The van der Waals surface area contributed by atoms with E-state index >= 15 is 0 Å². The van der Waals surface area contributed by atoms with Crippen LogP contribution in [0.25, 0.3) is 10.2 Å². The summed E-state index contributed by atoms with van der Waals surface area (Å²) in [5.74, 6) is -0.225. The molecule has 2 aromatic heterocycles. The molecule has 6 heteroatoms. The van der Waals surface area contributed by atoms with Crippen LogP contribution in [0.3, 0.4) is 0 Å². The van der Waals surface area contributed by atoms with Crippen molar-refractivity contribution in [2.75, 3.05) is 17.7 Å². The SMILES string of the molecule is CNc1ccc(C(=O)Nc2ccc3ncsc3c2)nc1. The molecule has 0 radical (unpaired) electrons. The van der Waals surface area contributed by atoms with Gasteiger partial charge in [-0.25, -0.2) is 9.97 Å². The molecule has 0 aliphatic rings. The molecule has 5 nitrogen and oxygen atoms in total. The second-order valence-corrected chi connectivity index (χ2v) is 5.06. The lowest BCUT2D eigenvalue weighted by Crippen LogP contribution is -2.13. The highest BCUT2D eigenvalue weighted by molar-refractivity contribution is 7.16. The van der Waals surface area contributed by atoms with Crippen LogP contribution in [0, 0.1) is 0 Å². The molecule has 2 heterocycles. The molecular weight excluding hydrogens is 272 g/mol. The third kappa shape index (κ3) is 2.46. The summed E-state index contributed by atoms with van der Waals surface area (Å²) in [7, 11) is 1.81. The zero-order valence-corrected chi connectivity index (χ0v) is 11.6. The number of nitrogens with one attached hydrogen (secondary N) is 2. The first-order valence-electron chi connectivity index (χ1n) is 6.04. The molecule has 0 atom stereocenters. The Bertz CT molecular complexity index is 751. The molecule has 3 rings (SSSR count). The molecule has 20 heavy (non-hydrogen) atoms. The Kier molecular flexibility index (Phi) is 3.30. The van der Waals surface area contributed by atoms with Gasteiger partial charge in [0.1, 0.15) is 5.69 Å². The van der Waals surface area contributed by atoms with Crippen LogP contribution < -0.4 is 10.6 Å². The van der Waals surface area contributed by atoms with Gasteiger partial charge in [-0.2, -0.15) is 0 Å². The van der Waals surface area contributed by atoms with Crippen LogP contribution in [0.15, 0.2) is 42.0 Å². The summed E-state index contributed by atoms with van der Waals surface area (Å²) in [5.41, 5.74) is 4.71. The smallest absolute Gasteiger partial charge is 0.274 e. The molecular formula is C14H12N4OS. The number of benzene rings is 1. The number of pyridine rings is 1. The second-order valence-electron chi connectivity index (χ2n) is 4.17. The second kappa shape index (κ2) is 5.26. The molecule has 2 N–H and O–H groups in total. The van der Waals surface area contributed by atoms with Gasteiger partial charge in [0.05, 0.1) is 27.6 Å². The number of thiazole rings is 1. The summed E-state index contributed by atoms with van der Waals surface area (Å²) in [6, 6.07) is 9.13. The number of anilines is 2. The lowest BCUT2D eigenvalue weighted by molar-refractivity contribution is 0.102. The molecule has 0 spiro atoms. The van der Waals surface area contributed by atoms with Crippen LogP contribution in [0.1, 0.15) is 10.5 Å². The van der Waals surface area contributed by atoms with Crippen LogP contribution in [0.4, 0.5) is 11.4 Å². The first kappa shape index (κ1) is 12.6. The van der Waals surface area contributed by atoms with Gasteiger partial charge in [0, 0.05) is 12.7 Å². The van der Waals surface area contributed by atoms with Crippen LogP contribution in [-0.2, 0) is 0 Å². The minimum absolute atomic E-state index is 0.225. The number of carbonyl (C=O) groups is 1. The highest BCUT2D eigenvalue weighted by Gasteiger charge is 2.08. The van der Waals surface area contributed by atoms with Gasteiger partial charge >= 0.3 is 0 Å². The largest absolute Gasteiger partial charge is 0.387 e. The fourth-order valence-corrected chi connectivity index (χ4v) is 2.52. The third-order valence-corrected chi connectivity index (χ3v) is 3.67. The van der Waals surface area contributed by atoms with E-state index in [-0.39, 0.29) is 5.91 Å². The van der Waals surface area contributed by atoms with E-state index in [9.17, 15) is 4.79 Å². The minimum atomic E-state index is -0.225. The summed E-state index contributed by atoms with van der Waals surface area (Å²) in [5, 5.41) is 5.79. The average Bonchev–Trinajstić information content (AvgIpc) is 2.95. The third-order valence-electron chi connectivity index (χ3n) is 2.87. The quantitative estimate of drug-likeness (QED) is 0.776. The van der Waals surface area contributed by atoms with E-state index in [0.29, 0.717) is 5.69 Å².